The topological polar surface area (TPSA) is 267 Å². The van der Waals surface area contributed by atoms with E-state index in [9.17, 15) is 51.1 Å². The lowest BCUT2D eigenvalue weighted by atomic mass is 9.45. The van der Waals surface area contributed by atoms with Gasteiger partial charge in [0.25, 0.3) is 0 Å². The van der Waals surface area contributed by atoms with E-state index >= 15 is 0 Å². The fourth-order valence-electron chi connectivity index (χ4n) is 12.0. The molecule has 4 aliphatic carbocycles. The van der Waals surface area contributed by atoms with Crippen molar-refractivity contribution in [1.82, 2.24) is 0 Å². The van der Waals surface area contributed by atoms with Crippen LogP contribution in [-0.2, 0) is 33.2 Å². The smallest absolute Gasteiger partial charge is 0.187 e. The zero-order valence-electron chi connectivity index (χ0n) is 33.5. The zero-order chi connectivity index (χ0) is 41.4. The lowest BCUT2D eigenvalue weighted by molar-refractivity contribution is -0.366. The van der Waals surface area contributed by atoms with Gasteiger partial charge in [-0.1, -0.05) is 25.5 Å². The largest absolute Gasteiger partial charge is 0.394 e. The van der Waals surface area contributed by atoms with Gasteiger partial charge in [-0.15, -0.1) is 0 Å². The van der Waals surface area contributed by atoms with E-state index in [1.165, 1.54) is 12.7 Å². The van der Waals surface area contributed by atoms with Crippen LogP contribution in [0.3, 0.4) is 0 Å². The maximum atomic E-state index is 12.3. The first-order valence-electron chi connectivity index (χ1n) is 20.8. The van der Waals surface area contributed by atoms with E-state index in [0.717, 1.165) is 38.5 Å². The lowest BCUT2D eigenvalue weighted by Crippen LogP contribution is -2.65. The molecule has 3 saturated heterocycles. The Morgan fingerprint density at radius 1 is 0.754 bits per heavy atom. The maximum Gasteiger partial charge on any atom is 0.187 e. The molecule has 0 bridgehead atoms. The number of fused-ring (bicyclic) bond motifs is 5. The Morgan fingerprint density at radius 2 is 1.40 bits per heavy atom. The molecule has 17 nitrogen and oxygen atoms in total. The molecule has 7 rings (SSSR count). The van der Waals surface area contributed by atoms with Gasteiger partial charge in [0.1, 0.15) is 67.1 Å². The maximum absolute atomic E-state index is 12.3. The van der Waals surface area contributed by atoms with Gasteiger partial charge in [-0.3, -0.25) is 0 Å². The van der Waals surface area contributed by atoms with E-state index in [-0.39, 0.29) is 28.8 Å². The molecular weight excluding hydrogens is 752 g/mol. The Hall–Kier alpha value is -0.940. The van der Waals surface area contributed by atoms with Crippen LogP contribution in [0, 0.1) is 28.6 Å². The van der Waals surface area contributed by atoms with Gasteiger partial charge < -0.3 is 84.2 Å². The van der Waals surface area contributed by atoms with E-state index in [0.29, 0.717) is 18.8 Å². The molecule has 6 fully saturated rings. The molecule has 3 saturated carbocycles. The number of ether oxygens (including phenoxy) is 7. The Bertz CT molecular complexity index is 1420. The summed E-state index contributed by atoms with van der Waals surface area (Å²) in [5.41, 5.74) is 0.0610. The Labute approximate surface area is 333 Å². The Balaban J connectivity index is 0.972. The molecule has 3 heterocycles. The third-order valence-electron chi connectivity index (χ3n) is 15.5. The number of aliphatic hydroxyl groups is 10. The summed E-state index contributed by atoms with van der Waals surface area (Å²) in [6, 6.07) is 0. The van der Waals surface area contributed by atoms with Crippen LogP contribution in [0.15, 0.2) is 11.6 Å². The fourth-order valence-corrected chi connectivity index (χ4v) is 12.0. The molecule has 7 aliphatic rings. The van der Waals surface area contributed by atoms with Crippen molar-refractivity contribution in [1.29, 1.82) is 0 Å². The number of aliphatic hydroxyl groups excluding tert-OH is 9. The number of methoxy groups -OCH3 is 1. The van der Waals surface area contributed by atoms with E-state index in [4.69, 9.17) is 33.2 Å². The van der Waals surface area contributed by atoms with Crippen molar-refractivity contribution in [2.45, 2.75) is 189 Å². The minimum Gasteiger partial charge on any atom is -0.394 e. The Kier molecular flexibility index (Phi) is 13.0. The molecule has 0 aromatic rings. The molecule has 0 aromatic carbocycles. The second kappa shape index (κ2) is 16.7. The van der Waals surface area contributed by atoms with Gasteiger partial charge in [-0.05, 0) is 88.4 Å². The number of rotatable bonds is 10. The predicted octanol–water partition coefficient (Wildman–Crippen LogP) is -1.42. The van der Waals surface area contributed by atoms with Gasteiger partial charge in [0.05, 0.1) is 37.1 Å². The molecule has 3 aliphatic heterocycles. The van der Waals surface area contributed by atoms with Crippen molar-refractivity contribution in [3.63, 3.8) is 0 Å². The minimum absolute atomic E-state index is 0.0837. The summed E-state index contributed by atoms with van der Waals surface area (Å²) in [5.74, 6) is 0.518. The first kappa shape index (κ1) is 44.1. The molecule has 0 aromatic heterocycles. The van der Waals surface area contributed by atoms with E-state index < -0.39 is 117 Å². The van der Waals surface area contributed by atoms with Crippen molar-refractivity contribution >= 4 is 0 Å². The summed E-state index contributed by atoms with van der Waals surface area (Å²) in [4.78, 5) is 0. The van der Waals surface area contributed by atoms with Crippen LogP contribution in [0.1, 0.15) is 79.1 Å². The van der Waals surface area contributed by atoms with Crippen molar-refractivity contribution < 1.29 is 84.2 Å². The number of hydrogen-bond donors (Lipinski definition) is 10. The second-order valence-electron chi connectivity index (χ2n) is 18.4. The van der Waals surface area contributed by atoms with Crippen molar-refractivity contribution in [2.24, 2.45) is 28.6 Å². The summed E-state index contributed by atoms with van der Waals surface area (Å²) in [7, 11) is 1.39. The van der Waals surface area contributed by atoms with Crippen LogP contribution in [0.2, 0.25) is 0 Å². The molecule has 328 valence electrons. The van der Waals surface area contributed by atoms with Crippen LogP contribution in [0.25, 0.3) is 0 Å². The van der Waals surface area contributed by atoms with Crippen molar-refractivity contribution in [3.8, 4) is 0 Å². The normalized spacial score (nSPS) is 54.6. The lowest BCUT2D eigenvalue weighted by Gasteiger charge is -2.61. The van der Waals surface area contributed by atoms with E-state index in [1.54, 1.807) is 6.92 Å². The molecule has 0 spiro atoms. The monoisotopic (exact) mass is 818 g/mol. The molecule has 0 amide bonds. The molecule has 57 heavy (non-hydrogen) atoms. The molecule has 17 heteroatoms. The predicted molar refractivity (Wildman–Crippen MR) is 196 cm³/mol. The third kappa shape index (κ3) is 7.47. The summed E-state index contributed by atoms with van der Waals surface area (Å²) < 4.78 is 41.2. The first-order valence-corrected chi connectivity index (χ1v) is 20.8. The van der Waals surface area contributed by atoms with Gasteiger partial charge in [0.2, 0.25) is 0 Å². The van der Waals surface area contributed by atoms with Crippen LogP contribution in [0.4, 0.5) is 0 Å². The average Bonchev–Trinajstić information content (AvgIpc) is 3.47. The van der Waals surface area contributed by atoms with Gasteiger partial charge in [0, 0.05) is 12.5 Å². The summed E-state index contributed by atoms with van der Waals surface area (Å²) in [5, 5.41) is 107. The van der Waals surface area contributed by atoms with Crippen LogP contribution >= 0.6 is 0 Å². The highest BCUT2D eigenvalue weighted by molar-refractivity contribution is 5.28. The highest BCUT2D eigenvalue weighted by Crippen LogP contribution is 2.68. The number of allylic oxidation sites excluding steroid dienone is 1. The van der Waals surface area contributed by atoms with Crippen molar-refractivity contribution in [3.05, 3.63) is 11.6 Å². The first-order chi connectivity index (χ1) is 26.9. The zero-order valence-corrected chi connectivity index (χ0v) is 33.5. The summed E-state index contributed by atoms with van der Waals surface area (Å²) >= 11 is 0. The highest BCUT2D eigenvalue weighted by atomic mass is 16.8. The summed E-state index contributed by atoms with van der Waals surface area (Å²) in [6.45, 7) is 6.84. The average molecular weight is 819 g/mol. The fraction of sp³-hybridized carbons (Fsp3) is 0.950. The standard InChI is InChI=1S/C40H66O17/c1-17(42)21-10-13-40(50)23-7-6-19-14-20(8-11-38(19,3)22(23)9-12-39(21,40)4)54-37-32(49)34(51-5)33(18(2)53-37)57-36-31(48)29(46)27(44)25(56-36)16-52-35-30(47)28(45)26(43)24(15-41)55-35/h6,17-18,20-37,41-50H,7-16H2,1-5H3/t17?,18?,20-,21+,22?,23?,24?,25?,26+,27+,28-,29-,30?,31?,32?,33-,34+,35+,36+,37-,38-,39+,40-/m0/s1. The van der Waals surface area contributed by atoms with E-state index in [2.05, 4.69) is 19.9 Å². The molecule has 10 N–H and O–H groups in total. The van der Waals surface area contributed by atoms with Crippen LogP contribution in [0.5, 0.6) is 0 Å². The van der Waals surface area contributed by atoms with E-state index in [1.807, 2.05) is 6.92 Å². The van der Waals surface area contributed by atoms with Gasteiger partial charge >= 0.3 is 0 Å². The second-order valence-corrected chi connectivity index (χ2v) is 18.4. The highest BCUT2D eigenvalue weighted by Gasteiger charge is 2.67. The molecule has 23 atom stereocenters. The van der Waals surface area contributed by atoms with Crippen molar-refractivity contribution in [2.75, 3.05) is 20.3 Å². The molecular formula is C40H66O17. The third-order valence-corrected chi connectivity index (χ3v) is 15.5. The van der Waals surface area contributed by atoms with Crippen LogP contribution < -0.4 is 0 Å². The molecule has 0 radical (unpaired) electrons. The SMILES string of the molecule is CO[C@@H]1C(O)[C@H](O[C@H]2CC[C@@]3(C)C(=CCC4C3CC[C@]3(C)[C@@H](C(C)O)CC[C@]43O)C2)OC(C)[C@@H]1O[C@H]1OC(CO[C@@H]2OC(CO)[C@@H](O)[C@H](O)C2O)[C@@H](O)[C@H](O)C1O. The summed E-state index contributed by atoms with van der Waals surface area (Å²) in [6.07, 6.45) is -13.2. The molecule has 9 unspecified atom stereocenters. The van der Waals surface area contributed by atoms with Gasteiger partial charge in [-0.2, -0.15) is 0 Å². The Morgan fingerprint density at radius 3 is 2.07 bits per heavy atom. The number of hydrogen-bond acceptors (Lipinski definition) is 17. The minimum atomic E-state index is -1.77. The van der Waals surface area contributed by atoms with Crippen LogP contribution in [-0.4, -0.2) is 181 Å². The quantitative estimate of drug-likeness (QED) is 0.113. The van der Waals surface area contributed by atoms with Gasteiger partial charge in [0.15, 0.2) is 18.9 Å². The van der Waals surface area contributed by atoms with Gasteiger partial charge in [-0.25, -0.2) is 0 Å².